The number of likely N-dealkylation sites (tertiary alicyclic amines) is 2. The van der Waals surface area contributed by atoms with Gasteiger partial charge in [0.15, 0.2) is 0 Å². The van der Waals surface area contributed by atoms with Gasteiger partial charge in [0.2, 0.25) is 5.91 Å². The van der Waals surface area contributed by atoms with E-state index in [1.54, 1.807) is 32.4 Å². The van der Waals surface area contributed by atoms with Crippen LogP contribution in [0.4, 0.5) is 0 Å². The molecule has 2 amide bonds. The fraction of sp³-hybridized carbons (Fsp3) is 0.680. The van der Waals surface area contributed by atoms with Gasteiger partial charge in [-0.1, -0.05) is 19.3 Å². The third-order valence-electron chi connectivity index (χ3n) is 7.43. The standard InChI is InChI=1S/C25H37N3O5/c1-32-20-8-9-21(23(15-20)33-2)25(31)27-12-10-18(11-13-27)28-16-19(29)14-22(28)24(30)26-17-6-4-3-5-7-17/h8-9,15,17-19,22,29H,3-7,10-14,16H2,1-2H3,(H,26,30)/t19-,22+/m1/s1. The molecule has 3 fully saturated rings. The maximum Gasteiger partial charge on any atom is 0.257 e. The summed E-state index contributed by atoms with van der Waals surface area (Å²) >= 11 is 0. The number of methoxy groups -OCH3 is 2. The van der Waals surface area contributed by atoms with Gasteiger partial charge in [0.05, 0.1) is 31.9 Å². The molecule has 1 aliphatic carbocycles. The zero-order valence-corrected chi connectivity index (χ0v) is 19.8. The number of amides is 2. The number of nitrogens with one attached hydrogen (secondary N) is 1. The monoisotopic (exact) mass is 459 g/mol. The molecule has 0 unspecified atom stereocenters. The van der Waals surface area contributed by atoms with Crippen molar-refractivity contribution in [3.8, 4) is 11.5 Å². The van der Waals surface area contributed by atoms with Crippen molar-refractivity contribution in [2.24, 2.45) is 0 Å². The van der Waals surface area contributed by atoms with Crippen molar-refractivity contribution < 1.29 is 24.2 Å². The molecule has 3 aliphatic rings. The fourth-order valence-corrected chi connectivity index (χ4v) is 5.59. The number of benzene rings is 1. The quantitative estimate of drug-likeness (QED) is 0.678. The van der Waals surface area contributed by atoms with Crippen LogP contribution in [0.2, 0.25) is 0 Å². The van der Waals surface area contributed by atoms with Crippen molar-refractivity contribution in [2.45, 2.75) is 75.6 Å². The number of piperidine rings is 1. The molecule has 1 aromatic carbocycles. The predicted molar refractivity (Wildman–Crippen MR) is 125 cm³/mol. The number of β-amino-alcohol motifs (C(OH)–C–C–N with tert-alkyl or cyclic N) is 1. The van der Waals surface area contributed by atoms with Gasteiger partial charge in [-0.3, -0.25) is 14.5 Å². The molecule has 2 atom stereocenters. The highest BCUT2D eigenvalue weighted by atomic mass is 16.5. The number of nitrogens with zero attached hydrogens (tertiary/aromatic N) is 2. The Bertz CT molecular complexity index is 833. The number of carbonyl (C=O) groups excluding carboxylic acids is 2. The van der Waals surface area contributed by atoms with Gasteiger partial charge >= 0.3 is 0 Å². The lowest BCUT2D eigenvalue weighted by Crippen LogP contribution is -2.53. The molecule has 182 valence electrons. The Hall–Kier alpha value is -2.32. The average Bonchev–Trinajstić information content (AvgIpc) is 3.25. The van der Waals surface area contributed by atoms with Gasteiger partial charge in [0, 0.05) is 37.8 Å². The summed E-state index contributed by atoms with van der Waals surface area (Å²) in [5.41, 5.74) is 0.526. The molecule has 8 heteroatoms. The Morgan fingerprint density at radius 3 is 2.42 bits per heavy atom. The van der Waals surface area contributed by atoms with Crippen LogP contribution < -0.4 is 14.8 Å². The maximum atomic E-state index is 13.1. The van der Waals surface area contributed by atoms with Gasteiger partial charge < -0.3 is 24.8 Å². The third kappa shape index (κ3) is 5.44. The largest absolute Gasteiger partial charge is 0.497 e. The molecule has 0 bridgehead atoms. The van der Waals surface area contributed by atoms with Crippen LogP contribution in [0, 0.1) is 0 Å². The molecule has 0 aromatic heterocycles. The summed E-state index contributed by atoms with van der Waals surface area (Å²) < 4.78 is 10.6. The second kappa shape index (κ2) is 10.7. The van der Waals surface area contributed by atoms with Crippen LogP contribution in [-0.2, 0) is 4.79 Å². The Labute approximate surface area is 196 Å². The van der Waals surface area contributed by atoms with Crippen molar-refractivity contribution >= 4 is 11.8 Å². The van der Waals surface area contributed by atoms with Crippen molar-refractivity contribution in [1.82, 2.24) is 15.1 Å². The Morgan fingerprint density at radius 1 is 1.03 bits per heavy atom. The summed E-state index contributed by atoms with van der Waals surface area (Å²) in [5.74, 6) is 1.15. The van der Waals surface area contributed by atoms with E-state index in [0.29, 0.717) is 43.1 Å². The third-order valence-corrected chi connectivity index (χ3v) is 7.43. The van der Waals surface area contributed by atoms with Gasteiger partial charge in [-0.05, 0) is 44.2 Å². The van der Waals surface area contributed by atoms with Crippen LogP contribution in [0.5, 0.6) is 11.5 Å². The van der Waals surface area contributed by atoms with Crippen molar-refractivity contribution in [2.75, 3.05) is 33.9 Å². The van der Waals surface area contributed by atoms with Crippen LogP contribution in [0.15, 0.2) is 18.2 Å². The molecule has 2 saturated heterocycles. The van der Waals surface area contributed by atoms with Crippen LogP contribution in [0.25, 0.3) is 0 Å². The lowest BCUT2D eigenvalue weighted by Gasteiger charge is -2.39. The highest BCUT2D eigenvalue weighted by Crippen LogP contribution is 2.30. The predicted octanol–water partition coefficient (Wildman–Crippen LogP) is 2.19. The molecule has 8 nitrogen and oxygen atoms in total. The van der Waals surface area contributed by atoms with Gasteiger partial charge in [-0.2, -0.15) is 0 Å². The second-order valence-corrected chi connectivity index (χ2v) is 9.54. The Morgan fingerprint density at radius 2 is 1.76 bits per heavy atom. The first-order valence-corrected chi connectivity index (χ1v) is 12.3. The summed E-state index contributed by atoms with van der Waals surface area (Å²) in [5, 5.41) is 13.6. The van der Waals surface area contributed by atoms with E-state index >= 15 is 0 Å². The first-order chi connectivity index (χ1) is 16.0. The molecule has 1 saturated carbocycles. The Kier molecular flexibility index (Phi) is 7.75. The van der Waals surface area contributed by atoms with E-state index in [1.165, 1.54) is 19.3 Å². The van der Waals surface area contributed by atoms with Crippen molar-refractivity contribution in [3.05, 3.63) is 23.8 Å². The smallest absolute Gasteiger partial charge is 0.257 e. The fourth-order valence-electron chi connectivity index (χ4n) is 5.59. The lowest BCUT2D eigenvalue weighted by molar-refractivity contribution is -0.127. The lowest BCUT2D eigenvalue weighted by atomic mass is 9.95. The Balaban J connectivity index is 1.36. The summed E-state index contributed by atoms with van der Waals surface area (Å²) in [4.78, 5) is 30.2. The van der Waals surface area contributed by atoms with E-state index in [-0.39, 0.29) is 29.9 Å². The molecule has 2 aliphatic heterocycles. The number of ether oxygens (including phenoxy) is 2. The SMILES string of the molecule is COc1ccc(C(=O)N2CCC(N3C[C@H](O)C[C@H]3C(=O)NC3CCCCC3)CC2)c(OC)c1. The topological polar surface area (TPSA) is 91.3 Å². The first kappa shape index (κ1) is 23.8. The molecule has 2 N–H and O–H groups in total. The molecule has 1 aromatic rings. The first-order valence-electron chi connectivity index (χ1n) is 12.3. The number of hydrogen-bond donors (Lipinski definition) is 2. The van der Waals surface area contributed by atoms with E-state index in [1.807, 2.05) is 4.90 Å². The number of rotatable bonds is 6. The molecule has 2 heterocycles. The van der Waals surface area contributed by atoms with E-state index in [0.717, 1.165) is 25.7 Å². The van der Waals surface area contributed by atoms with Crippen LogP contribution >= 0.6 is 0 Å². The highest BCUT2D eigenvalue weighted by molar-refractivity contribution is 5.97. The van der Waals surface area contributed by atoms with Gasteiger partial charge in [-0.25, -0.2) is 0 Å². The zero-order valence-electron chi connectivity index (χ0n) is 19.8. The minimum atomic E-state index is -0.477. The number of aliphatic hydroxyl groups is 1. The number of carbonyl (C=O) groups is 2. The van der Waals surface area contributed by atoms with Crippen molar-refractivity contribution in [1.29, 1.82) is 0 Å². The minimum absolute atomic E-state index is 0.0546. The van der Waals surface area contributed by atoms with Crippen LogP contribution in [0.1, 0.15) is 61.7 Å². The normalized spacial score (nSPS) is 25.1. The average molecular weight is 460 g/mol. The molecule has 0 radical (unpaired) electrons. The molecule has 33 heavy (non-hydrogen) atoms. The summed E-state index contributed by atoms with van der Waals surface area (Å²) in [6.07, 6.45) is 7.28. The van der Waals surface area contributed by atoms with Gasteiger partial charge in [-0.15, -0.1) is 0 Å². The van der Waals surface area contributed by atoms with E-state index in [4.69, 9.17) is 9.47 Å². The zero-order chi connectivity index (χ0) is 23.4. The number of aliphatic hydroxyl groups excluding tert-OH is 1. The van der Waals surface area contributed by atoms with E-state index < -0.39 is 6.10 Å². The maximum absolute atomic E-state index is 13.1. The highest BCUT2D eigenvalue weighted by Gasteiger charge is 2.41. The summed E-state index contributed by atoms with van der Waals surface area (Å²) in [6, 6.07) is 5.41. The molecular formula is C25H37N3O5. The molecule has 0 spiro atoms. The second-order valence-electron chi connectivity index (χ2n) is 9.54. The minimum Gasteiger partial charge on any atom is -0.497 e. The molecule has 4 rings (SSSR count). The number of hydrogen-bond acceptors (Lipinski definition) is 6. The van der Waals surface area contributed by atoms with Gasteiger partial charge in [0.25, 0.3) is 5.91 Å². The summed E-state index contributed by atoms with van der Waals surface area (Å²) in [7, 11) is 3.13. The summed E-state index contributed by atoms with van der Waals surface area (Å²) in [6.45, 7) is 1.75. The van der Waals surface area contributed by atoms with Crippen LogP contribution in [-0.4, -0.2) is 84.8 Å². The molecular weight excluding hydrogens is 422 g/mol. The van der Waals surface area contributed by atoms with Crippen molar-refractivity contribution in [3.63, 3.8) is 0 Å². The van der Waals surface area contributed by atoms with E-state index in [2.05, 4.69) is 10.2 Å². The van der Waals surface area contributed by atoms with Crippen LogP contribution in [0.3, 0.4) is 0 Å². The van der Waals surface area contributed by atoms with Gasteiger partial charge in [0.1, 0.15) is 11.5 Å². The van der Waals surface area contributed by atoms with E-state index in [9.17, 15) is 14.7 Å².